The number of aromatic nitrogens is 1. The van der Waals surface area contributed by atoms with E-state index in [1.165, 1.54) is 29.3 Å². The molecule has 5 heteroatoms. The van der Waals surface area contributed by atoms with Crippen molar-refractivity contribution in [3.8, 4) is 0 Å². The van der Waals surface area contributed by atoms with Crippen molar-refractivity contribution in [3.05, 3.63) is 65.5 Å². The van der Waals surface area contributed by atoms with Gasteiger partial charge in [-0.15, -0.1) is 0 Å². The maximum atomic E-state index is 13.0. The van der Waals surface area contributed by atoms with E-state index in [0.717, 1.165) is 6.07 Å². The molecule has 1 heterocycles. The maximum Gasteiger partial charge on any atom is 0.255 e. The van der Waals surface area contributed by atoms with E-state index < -0.39 is 5.95 Å². The first-order chi connectivity index (χ1) is 9.06. The van der Waals surface area contributed by atoms with E-state index >= 15 is 0 Å². The van der Waals surface area contributed by atoms with Crippen molar-refractivity contribution in [3.63, 3.8) is 0 Å². The Kier molecular flexibility index (Phi) is 3.85. The SMILES string of the molecule is CN(Cc1cccc(F)c1)C(=O)c1ccc(F)nc1. The van der Waals surface area contributed by atoms with Crippen molar-refractivity contribution >= 4 is 5.91 Å². The number of amides is 1. The molecule has 3 nitrogen and oxygen atoms in total. The zero-order chi connectivity index (χ0) is 13.8. The number of nitrogens with zero attached hydrogens (tertiary/aromatic N) is 2. The Morgan fingerprint density at radius 3 is 2.68 bits per heavy atom. The van der Waals surface area contributed by atoms with Crippen LogP contribution in [0.1, 0.15) is 15.9 Å². The van der Waals surface area contributed by atoms with Gasteiger partial charge in [0.05, 0.1) is 5.56 Å². The predicted octanol–water partition coefficient (Wildman–Crippen LogP) is 2.63. The number of hydrogen-bond acceptors (Lipinski definition) is 2. The van der Waals surface area contributed by atoms with E-state index in [4.69, 9.17) is 0 Å². The third-order valence-electron chi connectivity index (χ3n) is 2.63. The molecule has 0 aliphatic heterocycles. The number of carbonyl (C=O) groups excluding carboxylic acids is 1. The van der Waals surface area contributed by atoms with Gasteiger partial charge in [0, 0.05) is 19.8 Å². The second-order valence-corrected chi connectivity index (χ2v) is 4.16. The standard InChI is InChI=1S/C14H12F2N2O/c1-18(9-10-3-2-4-12(15)7-10)14(19)11-5-6-13(16)17-8-11/h2-8H,9H2,1H3. The van der Waals surface area contributed by atoms with Crippen LogP contribution < -0.4 is 0 Å². The lowest BCUT2D eigenvalue weighted by molar-refractivity contribution is 0.0784. The fourth-order valence-electron chi connectivity index (χ4n) is 1.70. The zero-order valence-electron chi connectivity index (χ0n) is 10.3. The van der Waals surface area contributed by atoms with Crippen molar-refractivity contribution in [2.24, 2.45) is 0 Å². The molecule has 0 radical (unpaired) electrons. The van der Waals surface area contributed by atoms with Gasteiger partial charge < -0.3 is 4.90 Å². The quantitative estimate of drug-likeness (QED) is 0.797. The number of benzene rings is 1. The summed E-state index contributed by atoms with van der Waals surface area (Å²) in [5.41, 5.74) is 0.978. The van der Waals surface area contributed by atoms with Crippen LogP contribution in [-0.2, 0) is 6.54 Å². The molecule has 2 rings (SSSR count). The number of hydrogen-bond donors (Lipinski definition) is 0. The van der Waals surface area contributed by atoms with Crippen molar-refractivity contribution in [2.45, 2.75) is 6.54 Å². The summed E-state index contributed by atoms with van der Waals surface area (Å²) in [4.78, 5) is 16.9. The zero-order valence-corrected chi connectivity index (χ0v) is 10.3. The second kappa shape index (κ2) is 5.56. The van der Waals surface area contributed by atoms with Crippen LogP contribution in [-0.4, -0.2) is 22.8 Å². The lowest BCUT2D eigenvalue weighted by Gasteiger charge is -2.17. The average molecular weight is 262 g/mol. The molecule has 19 heavy (non-hydrogen) atoms. The summed E-state index contributed by atoms with van der Waals surface area (Å²) >= 11 is 0. The van der Waals surface area contributed by atoms with Gasteiger partial charge in [0.1, 0.15) is 5.82 Å². The average Bonchev–Trinajstić information content (AvgIpc) is 2.39. The molecule has 0 spiro atoms. The fourth-order valence-corrected chi connectivity index (χ4v) is 1.70. The number of pyridine rings is 1. The topological polar surface area (TPSA) is 33.2 Å². The van der Waals surface area contributed by atoms with Crippen LogP contribution in [0.2, 0.25) is 0 Å². The van der Waals surface area contributed by atoms with Gasteiger partial charge in [0.2, 0.25) is 5.95 Å². The van der Waals surface area contributed by atoms with Gasteiger partial charge >= 0.3 is 0 Å². The van der Waals surface area contributed by atoms with Gasteiger partial charge in [-0.3, -0.25) is 4.79 Å². The molecule has 1 amide bonds. The second-order valence-electron chi connectivity index (χ2n) is 4.16. The van der Waals surface area contributed by atoms with Gasteiger partial charge in [-0.1, -0.05) is 12.1 Å². The Balaban J connectivity index is 2.09. The van der Waals surface area contributed by atoms with Crippen molar-refractivity contribution in [1.82, 2.24) is 9.88 Å². The van der Waals surface area contributed by atoms with Crippen LogP contribution in [0.3, 0.4) is 0 Å². The first-order valence-electron chi connectivity index (χ1n) is 5.68. The first-order valence-corrected chi connectivity index (χ1v) is 5.68. The van der Waals surface area contributed by atoms with Crippen LogP contribution in [0, 0.1) is 11.8 Å². The lowest BCUT2D eigenvalue weighted by atomic mass is 10.2. The summed E-state index contributed by atoms with van der Waals surface area (Å²) in [6, 6.07) is 8.52. The third kappa shape index (κ3) is 3.34. The predicted molar refractivity (Wildman–Crippen MR) is 66.4 cm³/mol. The molecule has 0 saturated carbocycles. The van der Waals surface area contributed by atoms with Gasteiger partial charge in [-0.05, 0) is 29.8 Å². The first kappa shape index (κ1) is 13.1. The molecule has 0 fully saturated rings. The molecule has 0 aliphatic rings. The highest BCUT2D eigenvalue weighted by molar-refractivity contribution is 5.93. The highest BCUT2D eigenvalue weighted by Crippen LogP contribution is 2.09. The van der Waals surface area contributed by atoms with Crippen LogP contribution in [0.15, 0.2) is 42.6 Å². The molecular formula is C14H12F2N2O. The Morgan fingerprint density at radius 1 is 1.26 bits per heavy atom. The molecule has 1 aromatic heterocycles. The highest BCUT2D eigenvalue weighted by atomic mass is 19.1. The van der Waals surface area contributed by atoms with E-state index in [0.29, 0.717) is 11.1 Å². The Labute approximate surface area is 109 Å². The Bertz CT molecular complexity index is 584. The summed E-state index contributed by atoms with van der Waals surface area (Å²) in [7, 11) is 1.59. The molecule has 1 aromatic carbocycles. The molecular weight excluding hydrogens is 250 g/mol. The molecule has 0 saturated heterocycles. The van der Waals surface area contributed by atoms with E-state index in [1.54, 1.807) is 19.2 Å². The normalized spacial score (nSPS) is 10.3. The minimum atomic E-state index is -0.635. The molecule has 0 N–H and O–H groups in total. The molecule has 2 aromatic rings. The van der Waals surface area contributed by atoms with Crippen molar-refractivity contribution in [1.29, 1.82) is 0 Å². The van der Waals surface area contributed by atoms with E-state index in [-0.39, 0.29) is 18.3 Å². The lowest BCUT2D eigenvalue weighted by Crippen LogP contribution is -2.26. The van der Waals surface area contributed by atoms with Gasteiger partial charge in [-0.2, -0.15) is 4.39 Å². The molecule has 98 valence electrons. The summed E-state index contributed by atoms with van der Waals surface area (Å²) in [5.74, 6) is -1.28. The van der Waals surface area contributed by atoms with E-state index in [9.17, 15) is 13.6 Å². The summed E-state index contributed by atoms with van der Waals surface area (Å²) in [5, 5.41) is 0. The fraction of sp³-hybridized carbons (Fsp3) is 0.143. The van der Waals surface area contributed by atoms with E-state index in [2.05, 4.69) is 4.98 Å². The van der Waals surface area contributed by atoms with E-state index in [1.807, 2.05) is 0 Å². The maximum absolute atomic E-state index is 13.0. The summed E-state index contributed by atoms with van der Waals surface area (Å²) in [6.07, 6.45) is 1.18. The van der Waals surface area contributed by atoms with Crippen molar-refractivity contribution < 1.29 is 13.6 Å². The number of carbonyl (C=O) groups is 1. The molecule has 0 aliphatic carbocycles. The van der Waals surface area contributed by atoms with Crippen LogP contribution in [0.4, 0.5) is 8.78 Å². The minimum Gasteiger partial charge on any atom is -0.337 e. The Morgan fingerprint density at radius 2 is 2.05 bits per heavy atom. The van der Waals surface area contributed by atoms with Gasteiger partial charge in [0.25, 0.3) is 5.91 Å². The number of rotatable bonds is 3. The molecule has 0 atom stereocenters. The number of halogens is 2. The van der Waals surface area contributed by atoms with Crippen LogP contribution in [0.5, 0.6) is 0 Å². The largest absolute Gasteiger partial charge is 0.337 e. The Hall–Kier alpha value is -2.30. The minimum absolute atomic E-state index is 0.272. The highest BCUT2D eigenvalue weighted by Gasteiger charge is 2.12. The summed E-state index contributed by atoms with van der Waals surface area (Å²) < 4.78 is 25.7. The summed E-state index contributed by atoms with van der Waals surface area (Å²) in [6.45, 7) is 0.272. The van der Waals surface area contributed by atoms with Gasteiger partial charge in [0.15, 0.2) is 0 Å². The third-order valence-corrected chi connectivity index (χ3v) is 2.63. The monoisotopic (exact) mass is 262 g/mol. The smallest absolute Gasteiger partial charge is 0.255 e. The van der Waals surface area contributed by atoms with Gasteiger partial charge in [-0.25, -0.2) is 9.37 Å². The molecule has 0 bridgehead atoms. The van der Waals surface area contributed by atoms with Crippen molar-refractivity contribution in [2.75, 3.05) is 7.05 Å². The van der Waals surface area contributed by atoms with Crippen LogP contribution in [0.25, 0.3) is 0 Å². The van der Waals surface area contributed by atoms with Crippen LogP contribution >= 0.6 is 0 Å². The molecule has 0 unspecified atom stereocenters.